The van der Waals surface area contributed by atoms with Gasteiger partial charge in [-0.15, -0.1) is 0 Å². The number of carbonyl (C=O) groups excluding carboxylic acids is 1. The topological polar surface area (TPSA) is 56.5 Å². The van der Waals surface area contributed by atoms with Crippen LogP contribution in [-0.4, -0.2) is 5.97 Å². The van der Waals surface area contributed by atoms with Crippen LogP contribution in [0.1, 0.15) is 16.1 Å². The summed E-state index contributed by atoms with van der Waals surface area (Å²) in [6, 6.07) is 17.1. The van der Waals surface area contributed by atoms with Gasteiger partial charge in [0, 0.05) is 11.1 Å². The summed E-state index contributed by atoms with van der Waals surface area (Å²) in [5.41, 5.74) is -1.55. The van der Waals surface area contributed by atoms with E-state index in [0.717, 1.165) is 6.07 Å². The highest BCUT2D eigenvalue weighted by Crippen LogP contribution is 2.38. The molecule has 4 rings (SSSR count). The lowest BCUT2D eigenvalue weighted by atomic mass is 10.0. The van der Waals surface area contributed by atoms with Crippen molar-refractivity contribution in [3.63, 3.8) is 0 Å². The largest absolute Gasteiger partial charge is 0.450 e. The minimum atomic E-state index is -4.93. The van der Waals surface area contributed by atoms with Gasteiger partial charge in [-0.2, -0.15) is 13.2 Å². The van der Waals surface area contributed by atoms with Crippen LogP contribution in [0.3, 0.4) is 0 Å². The van der Waals surface area contributed by atoms with Gasteiger partial charge in [0.2, 0.25) is 11.2 Å². The van der Waals surface area contributed by atoms with E-state index < -0.39 is 28.9 Å². The molecule has 0 radical (unpaired) electrons. The van der Waals surface area contributed by atoms with E-state index in [4.69, 9.17) is 20.8 Å². The Hall–Kier alpha value is -3.58. The van der Waals surface area contributed by atoms with Crippen LogP contribution in [0.15, 0.2) is 82.0 Å². The summed E-state index contributed by atoms with van der Waals surface area (Å²) in [6.45, 7) is 0. The van der Waals surface area contributed by atoms with Crippen molar-refractivity contribution >= 4 is 28.5 Å². The average molecular weight is 445 g/mol. The smallest absolute Gasteiger partial charge is 0.450 e. The molecule has 1 heterocycles. The first-order valence-corrected chi connectivity index (χ1v) is 9.33. The number of alkyl halides is 3. The Kier molecular flexibility index (Phi) is 5.29. The number of hydrogen-bond acceptors (Lipinski definition) is 4. The van der Waals surface area contributed by atoms with Crippen molar-refractivity contribution in [1.29, 1.82) is 0 Å². The van der Waals surface area contributed by atoms with Gasteiger partial charge in [0.1, 0.15) is 11.3 Å². The Morgan fingerprint density at radius 3 is 2.26 bits per heavy atom. The normalized spacial score (nSPS) is 11.5. The fourth-order valence-electron chi connectivity index (χ4n) is 3.06. The first-order chi connectivity index (χ1) is 14.7. The van der Waals surface area contributed by atoms with Crippen LogP contribution in [0.4, 0.5) is 13.2 Å². The van der Waals surface area contributed by atoms with Gasteiger partial charge >= 0.3 is 12.1 Å². The number of esters is 1. The molecular formula is C23H12ClF3O4. The number of rotatable bonds is 3. The molecule has 0 fully saturated rings. The third-order valence-corrected chi connectivity index (χ3v) is 4.73. The van der Waals surface area contributed by atoms with Gasteiger partial charge in [-0.3, -0.25) is 4.79 Å². The monoisotopic (exact) mass is 444 g/mol. The molecule has 0 aliphatic carbocycles. The second-order valence-corrected chi connectivity index (χ2v) is 6.99. The van der Waals surface area contributed by atoms with Gasteiger partial charge in [-0.25, -0.2) is 4.79 Å². The molecule has 4 nitrogen and oxygen atoms in total. The van der Waals surface area contributed by atoms with Crippen LogP contribution in [0, 0.1) is 0 Å². The van der Waals surface area contributed by atoms with E-state index in [0.29, 0.717) is 5.02 Å². The van der Waals surface area contributed by atoms with Crippen molar-refractivity contribution in [2.45, 2.75) is 6.18 Å². The van der Waals surface area contributed by atoms with Crippen molar-refractivity contribution in [3.8, 4) is 16.9 Å². The van der Waals surface area contributed by atoms with Crippen LogP contribution < -0.4 is 10.2 Å². The van der Waals surface area contributed by atoms with E-state index in [1.807, 2.05) is 0 Å². The molecule has 0 unspecified atom stereocenters. The van der Waals surface area contributed by atoms with Crippen LogP contribution in [-0.2, 0) is 6.18 Å². The van der Waals surface area contributed by atoms with Gasteiger partial charge < -0.3 is 9.15 Å². The maximum atomic E-state index is 13.7. The highest BCUT2D eigenvalue weighted by Gasteiger charge is 2.39. The standard InChI is InChI=1S/C23H12ClF3O4/c24-15-8-6-13(7-9-15)19-20(28)17-11-10-16(12-18(17)31-21(19)23(25,26)27)30-22(29)14-4-2-1-3-5-14/h1-12H. The van der Waals surface area contributed by atoms with Gasteiger partial charge in [0.15, 0.2) is 0 Å². The minimum absolute atomic E-state index is 0.0203. The Bertz CT molecular complexity index is 1330. The van der Waals surface area contributed by atoms with Gasteiger partial charge in [-0.05, 0) is 42.0 Å². The molecule has 0 aliphatic rings. The minimum Gasteiger partial charge on any atom is -0.450 e. The highest BCUT2D eigenvalue weighted by atomic mass is 35.5. The fourth-order valence-corrected chi connectivity index (χ4v) is 3.18. The summed E-state index contributed by atoms with van der Waals surface area (Å²) in [4.78, 5) is 25.1. The third-order valence-electron chi connectivity index (χ3n) is 4.47. The molecule has 31 heavy (non-hydrogen) atoms. The van der Waals surface area contributed by atoms with Gasteiger partial charge in [0.05, 0.1) is 16.5 Å². The molecule has 1 aromatic heterocycles. The molecule has 0 saturated heterocycles. The molecule has 0 amide bonds. The summed E-state index contributed by atoms with van der Waals surface area (Å²) in [5.74, 6) is -2.20. The van der Waals surface area contributed by atoms with Crippen molar-refractivity contribution in [2.75, 3.05) is 0 Å². The predicted octanol–water partition coefficient (Wildman–Crippen LogP) is 6.35. The first kappa shape index (κ1) is 20.7. The maximum Gasteiger partial charge on any atom is 0.450 e. The van der Waals surface area contributed by atoms with Crippen LogP contribution >= 0.6 is 11.6 Å². The predicted molar refractivity (Wildman–Crippen MR) is 109 cm³/mol. The van der Waals surface area contributed by atoms with Crippen LogP contribution in [0.5, 0.6) is 5.75 Å². The first-order valence-electron chi connectivity index (χ1n) is 8.95. The maximum absolute atomic E-state index is 13.7. The second-order valence-electron chi connectivity index (χ2n) is 6.55. The van der Waals surface area contributed by atoms with E-state index in [2.05, 4.69) is 0 Å². The van der Waals surface area contributed by atoms with Crippen molar-refractivity contribution in [3.05, 3.63) is 99.4 Å². The van der Waals surface area contributed by atoms with Crippen molar-refractivity contribution in [1.82, 2.24) is 0 Å². The Balaban J connectivity index is 1.84. The number of fused-ring (bicyclic) bond motifs is 1. The van der Waals surface area contributed by atoms with Gasteiger partial charge in [0.25, 0.3) is 0 Å². The summed E-state index contributed by atoms with van der Waals surface area (Å²) in [6.07, 6.45) is -4.93. The van der Waals surface area contributed by atoms with Crippen molar-refractivity contribution in [2.24, 2.45) is 0 Å². The molecule has 0 bridgehead atoms. The Labute approximate surface area is 178 Å². The molecule has 3 aromatic carbocycles. The zero-order valence-electron chi connectivity index (χ0n) is 15.6. The lowest BCUT2D eigenvalue weighted by molar-refractivity contribution is -0.152. The molecular weight excluding hydrogens is 433 g/mol. The van der Waals surface area contributed by atoms with E-state index >= 15 is 0 Å². The quantitative estimate of drug-likeness (QED) is 0.273. The van der Waals surface area contributed by atoms with Crippen molar-refractivity contribution < 1.29 is 27.1 Å². The number of benzene rings is 3. The third kappa shape index (κ3) is 4.18. The SMILES string of the molecule is O=C(Oc1ccc2c(=O)c(-c3ccc(Cl)cc3)c(C(F)(F)F)oc2c1)c1ccccc1. The molecule has 0 atom stereocenters. The molecule has 0 saturated carbocycles. The summed E-state index contributed by atoms with van der Waals surface area (Å²) < 4.78 is 51.4. The molecule has 156 valence electrons. The number of hydrogen-bond donors (Lipinski definition) is 0. The second kappa shape index (κ2) is 7.92. The molecule has 0 N–H and O–H groups in total. The zero-order valence-corrected chi connectivity index (χ0v) is 16.3. The lowest BCUT2D eigenvalue weighted by Gasteiger charge is -2.13. The summed E-state index contributed by atoms with van der Waals surface area (Å²) in [5, 5.41) is 0.227. The van der Waals surface area contributed by atoms with Crippen LogP contribution in [0.2, 0.25) is 5.02 Å². The summed E-state index contributed by atoms with van der Waals surface area (Å²) >= 11 is 5.80. The molecule has 8 heteroatoms. The van der Waals surface area contributed by atoms with E-state index in [1.54, 1.807) is 18.2 Å². The van der Waals surface area contributed by atoms with Crippen LogP contribution in [0.25, 0.3) is 22.1 Å². The van der Waals surface area contributed by atoms with E-state index in [-0.39, 0.29) is 27.8 Å². The van der Waals surface area contributed by atoms with E-state index in [1.165, 1.54) is 48.5 Å². The highest BCUT2D eigenvalue weighted by molar-refractivity contribution is 6.30. The molecule has 4 aromatic rings. The van der Waals surface area contributed by atoms with E-state index in [9.17, 15) is 22.8 Å². The number of halogens is 4. The zero-order chi connectivity index (χ0) is 22.2. The Morgan fingerprint density at radius 2 is 1.61 bits per heavy atom. The summed E-state index contributed by atoms with van der Waals surface area (Å²) in [7, 11) is 0. The number of ether oxygens (including phenoxy) is 1. The Morgan fingerprint density at radius 1 is 0.935 bits per heavy atom. The molecule has 0 spiro atoms. The number of carbonyl (C=O) groups is 1. The lowest BCUT2D eigenvalue weighted by Crippen LogP contribution is -2.16. The average Bonchev–Trinajstić information content (AvgIpc) is 2.74. The fraction of sp³-hybridized carbons (Fsp3) is 0.0435. The van der Waals surface area contributed by atoms with Gasteiger partial charge in [-0.1, -0.05) is 41.9 Å². The molecule has 0 aliphatic heterocycles.